The lowest BCUT2D eigenvalue weighted by atomic mass is 9.84. The molecule has 2 heterocycles. The molecule has 2 aliphatic rings. The Kier molecular flexibility index (Phi) is 5.08. The summed E-state index contributed by atoms with van der Waals surface area (Å²) in [4.78, 5) is 29.0. The van der Waals surface area contributed by atoms with E-state index in [4.69, 9.17) is 10.5 Å². The lowest BCUT2D eigenvalue weighted by Crippen LogP contribution is -2.42. The van der Waals surface area contributed by atoms with Gasteiger partial charge in [-0.3, -0.25) is 9.59 Å². The van der Waals surface area contributed by atoms with Crippen LogP contribution in [0.2, 0.25) is 0 Å². The molecule has 3 atom stereocenters. The van der Waals surface area contributed by atoms with Crippen molar-refractivity contribution in [1.82, 2.24) is 14.4 Å². The number of ether oxygens (including phenoxy) is 1. The van der Waals surface area contributed by atoms with Gasteiger partial charge in [0.2, 0.25) is 0 Å². The van der Waals surface area contributed by atoms with E-state index in [2.05, 4.69) is 15.5 Å². The first kappa shape index (κ1) is 19.5. The Morgan fingerprint density at radius 3 is 2.76 bits per heavy atom. The Balaban J connectivity index is 1.45. The molecule has 0 saturated heterocycles. The fourth-order valence-corrected chi connectivity index (χ4v) is 4.33. The van der Waals surface area contributed by atoms with Crippen LogP contribution in [0.1, 0.15) is 36.3 Å². The van der Waals surface area contributed by atoms with Gasteiger partial charge in [-0.2, -0.15) is 0 Å². The zero-order valence-electron chi connectivity index (χ0n) is 17.2. The van der Waals surface area contributed by atoms with E-state index in [0.717, 1.165) is 35.0 Å². The molecular formula is C22H28N4O3. The maximum Gasteiger partial charge on any atom is 0.324 e. The number of hydrogen-bond donors (Lipinski definition) is 1. The third-order valence-corrected chi connectivity index (χ3v) is 6.14. The minimum Gasteiger partial charge on any atom is -0.443 e. The average molecular weight is 396 g/mol. The van der Waals surface area contributed by atoms with Crippen LogP contribution in [0.3, 0.4) is 0 Å². The van der Waals surface area contributed by atoms with Crippen molar-refractivity contribution in [3.8, 4) is 0 Å². The van der Waals surface area contributed by atoms with Crippen molar-refractivity contribution in [2.24, 2.45) is 18.7 Å². The van der Waals surface area contributed by atoms with Crippen molar-refractivity contribution in [2.45, 2.75) is 38.9 Å². The number of fused-ring (bicyclic) bond motifs is 3. The van der Waals surface area contributed by atoms with Gasteiger partial charge < -0.3 is 24.8 Å². The highest BCUT2D eigenvalue weighted by Crippen LogP contribution is 2.34. The van der Waals surface area contributed by atoms with Crippen molar-refractivity contribution < 1.29 is 14.3 Å². The topological polar surface area (TPSA) is 80.8 Å². The van der Waals surface area contributed by atoms with Gasteiger partial charge in [-0.05, 0) is 32.8 Å². The second kappa shape index (κ2) is 7.55. The molecule has 154 valence electrons. The largest absolute Gasteiger partial charge is 0.443 e. The third-order valence-electron chi connectivity index (χ3n) is 6.14. The maximum absolute atomic E-state index is 13.3. The Morgan fingerprint density at radius 1 is 1.28 bits per heavy atom. The number of hydrogen-bond acceptors (Lipinski definition) is 6. The van der Waals surface area contributed by atoms with E-state index in [1.807, 2.05) is 49.5 Å². The molecule has 0 bridgehead atoms. The number of nitrogens with two attached hydrogens (primary N) is 1. The summed E-state index contributed by atoms with van der Waals surface area (Å²) in [7, 11) is 2.04. The summed E-state index contributed by atoms with van der Waals surface area (Å²) < 4.78 is 7.39. The van der Waals surface area contributed by atoms with Crippen LogP contribution in [0, 0.1) is 5.92 Å². The van der Waals surface area contributed by atoms with Crippen LogP contribution >= 0.6 is 0 Å². The first-order chi connectivity index (χ1) is 13.9. The molecule has 7 heteroatoms. The lowest BCUT2D eigenvalue weighted by molar-refractivity contribution is -0.149. The molecule has 1 aliphatic carbocycles. The Bertz CT molecular complexity index is 978. The molecule has 0 saturated carbocycles. The molecule has 0 fully saturated rings. The molecule has 29 heavy (non-hydrogen) atoms. The predicted molar refractivity (Wildman–Crippen MR) is 111 cm³/mol. The lowest BCUT2D eigenvalue weighted by Gasteiger charge is -2.33. The zero-order chi connectivity index (χ0) is 20.7. The molecule has 2 aromatic rings. The van der Waals surface area contributed by atoms with Gasteiger partial charge in [-0.15, -0.1) is 0 Å². The Labute approximate surface area is 170 Å². The second-order valence-corrected chi connectivity index (χ2v) is 8.02. The third kappa shape index (κ3) is 3.40. The van der Waals surface area contributed by atoms with Gasteiger partial charge in [-0.25, -0.2) is 0 Å². The molecule has 1 aromatic heterocycles. The predicted octanol–water partition coefficient (Wildman–Crippen LogP) is 2.21. The fourth-order valence-electron chi connectivity index (χ4n) is 4.33. The van der Waals surface area contributed by atoms with Crippen molar-refractivity contribution in [3.05, 3.63) is 47.9 Å². The van der Waals surface area contributed by atoms with E-state index in [-0.39, 0.29) is 24.6 Å². The normalized spacial score (nSPS) is 22.3. The molecule has 4 rings (SSSR count). The number of ketones is 1. The van der Waals surface area contributed by atoms with Gasteiger partial charge in [0.1, 0.15) is 12.2 Å². The van der Waals surface area contributed by atoms with E-state index in [9.17, 15) is 9.59 Å². The molecule has 7 nitrogen and oxygen atoms in total. The van der Waals surface area contributed by atoms with Crippen LogP contribution in [0.5, 0.6) is 0 Å². The summed E-state index contributed by atoms with van der Waals surface area (Å²) in [6, 6.07) is 7.48. The molecule has 2 N–H and O–H groups in total. The van der Waals surface area contributed by atoms with Crippen LogP contribution in [-0.4, -0.2) is 51.6 Å². The standard InChI is InChI=1S/C22H28N4O3/c1-14(23)22(28)29-13-26-11-10-25(15(26)2)12-16-8-9-19-20(21(16)27)17-6-4-5-7-18(17)24(19)3/h4-7,10-11,14-16H,8-9,12-13,23H2,1-3H3. The van der Waals surface area contributed by atoms with E-state index in [1.165, 1.54) is 0 Å². The van der Waals surface area contributed by atoms with Crippen molar-refractivity contribution in [2.75, 3.05) is 13.3 Å². The summed E-state index contributed by atoms with van der Waals surface area (Å²) in [6.45, 7) is 4.45. The number of carbonyl (C=O) groups excluding carboxylic acids is 2. The smallest absolute Gasteiger partial charge is 0.324 e. The Hall–Kier alpha value is -2.80. The quantitative estimate of drug-likeness (QED) is 0.781. The molecule has 0 radical (unpaired) electrons. The number of nitrogens with zero attached hydrogens (tertiary/aromatic N) is 3. The van der Waals surface area contributed by atoms with Gasteiger partial charge in [0.05, 0.1) is 0 Å². The molecule has 1 aliphatic heterocycles. The first-order valence-electron chi connectivity index (χ1n) is 10.1. The number of aromatic nitrogens is 1. The van der Waals surface area contributed by atoms with Gasteiger partial charge in [0.25, 0.3) is 0 Å². The van der Waals surface area contributed by atoms with Gasteiger partial charge in [0, 0.05) is 54.1 Å². The van der Waals surface area contributed by atoms with Crippen molar-refractivity contribution >= 4 is 22.7 Å². The molecule has 1 aromatic carbocycles. The summed E-state index contributed by atoms with van der Waals surface area (Å²) >= 11 is 0. The number of rotatable bonds is 5. The van der Waals surface area contributed by atoms with Crippen LogP contribution in [0.4, 0.5) is 0 Å². The second-order valence-electron chi connectivity index (χ2n) is 8.02. The van der Waals surface area contributed by atoms with Crippen molar-refractivity contribution in [1.29, 1.82) is 0 Å². The molecular weight excluding hydrogens is 368 g/mol. The molecule has 0 amide bonds. The van der Waals surface area contributed by atoms with Crippen LogP contribution in [-0.2, 0) is 23.0 Å². The SMILES string of the molecule is CC(N)C(=O)OCN1C=CN(CC2CCc3c(c4ccccc4n3C)C2=O)C1C. The number of aryl methyl sites for hydroxylation is 1. The number of carbonyl (C=O) groups is 2. The summed E-state index contributed by atoms with van der Waals surface area (Å²) in [5.74, 6) is -0.243. The number of benzene rings is 1. The summed E-state index contributed by atoms with van der Waals surface area (Å²) in [5.41, 5.74) is 8.68. The van der Waals surface area contributed by atoms with Gasteiger partial charge >= 0.3 is 5.97 Å². The Morgan fingerprint density at radius 2 is 2.00 bits per heavy atom. The maximum atomic E-state index is 13.3. The monoisotopic (exact) mass is 396 g/mol. The highest BCUT2D eigenvalue weighted by molar-refractivity contribution is 6.11. The van der Waals surface area contributed by atoms with E-state index in [0.29, 0.717) is 6.54 Å². The number of esters is 1. The minimum absolute atomic E-state index is 0.0117. The first-order valence-corrected chi connectivity index (χ1v) is 10.1. The van der Waals surface area contributed by atoms with Crippen LogP contribution in [0.15, 0.2) is 36.7 Å². The van der Waals surface area contributed by atoms with Crippen molar-refractivity contribution in [3.63, 3.8) is 0 Å². The fraction of sp³-hybridized carbons (Fsp3) is 0.455. The highest BCUT2D eigenvalue weighted by atomic mass is 16.5. The zero-order valence-corrected chi connectivity index (χ0v) is 17.2. The average Bonchev–Trinajstić information content (AvgIpc) is 3.20. The number of Topliss-reactive ketones (excluding diaryl/α,β-unsaturated/α-hetero) is 1. The molecule has 0 spiro atoms. The molecule has 3 unspecified atom stereocenters. The summed E-state index contributed by atoms with van der Waals surface area (Å²) in [6.07, 6.45) is 5.62. The van der Waals surface area contributed by atoms with Gasteiger partial charge in [0.15, 0.2) is 12.5 Å². The van der Waals surface area contributed by atoms with E-state index in [1.54, 1.807) is 6.92 Å². The minimum atomic E-state index is -0.636. The van der Waals surface area contributed by atoms with E-state index >= 15 is 0 Å². The van der Waals surface area contributed by atoms with Crippen LogP contribution in [0.25, 0.3) is 10.9 Å². The van der Waals surface area contributed by atoms with Gasteiger partial charge in [-0.1, -0.05) is 18.2 Å². The highest BCUT2D eigenvalue weighted by Gasteiger charge is 2.34. The number of para-hydroxylation sites is 1. The summed E-state index contributed by atoms with van der Waals surface area (Å²) in [5, 5.41) is 1.05. The van der Waals surface area contributed by atoms with Crippen LogP contribution < -0.4 is 5.73 Å². The van der Waals surface area contributed by atoms with E-state index < -0.39 is 12.0 Å².